The maximum Gasteiger partial charge on any atom is 0.374 e. The minimum absolute atomic E-state index is 0.102. The third-order valence-electron chi connectivity index (χ3n) is 9.42. The van der Waals surface area contributed by atoms with E-state index >= 15 is 0 Å². The Labute approximate surface area is 299 Å². The van der Waals surface area contributed by atoms with E-state index in [0.29, 0.717) is 44.8 Å². The smallest absolute Gasteiger partial charge is 0.374 e. The van der Waals surface area contributed by atoms with Gasteiger partial charge in [-0.2, -0.15) is 0 Å². The van der Waals surface area contributed by atoms with Gasteiger partial charge in [-0.25, -0.2) is 0 Å². The Bertz CT molecular complexity index is 1700. The zero-order valence-corrected chi connectivity index (χ0v) is 30.2. The summed E-state index contributed by atoms with van der Waals surface area (Å²) in [6, 6.07) is 14.8. The summed E-state index contributed by atoms with van der Waals surface area (Å²) >= 11 is 0. The summed E-state index contributed by atoms with van der Waals surface area (Å²) in [6.45, 7) is 12.8. The largest absolute Gasteiger partial charge is 0.437 e. The van der Waals surface area contributed by atoms with Crippen LogP contribution in [0.5, 0.6) is 0 Å². The van der Waals surface area contributed by atoms with E-state index in [1.54, 1.807) is 6.82 Å². The van der Waals surface area contributed by atoms with Crippen LogP contribution in [0, 0.1) is 11.8 Å². The lowest BCUT2D eigenvalue weighted by Gasteiger charge is -2.29. The molecule has 0 saturated carbocycles. The summed E-state index contributed by atoms with van der Waals surface area (Å²) in [4.78, 5) is 31.7. The molecule has 8 N–H and O–H groups in total. The highest BCUT2D eigenvalue weighted by molar-refractivity contribution is 6.46. The quantitative estimate of drug-likeness (QED) is 0.109. The van der Waals surface area contributed by atoms with Gasteiger partial charge in [0.05, 0.1) is 51.6 Å². The van der Waals surface area contributed by atoms with E-state index < -0.39 is 25.4 Å². The first kappa shape index (κ1) is 38.5. The lowest BCUT2D eigenvalue weighted by molar-refractivity contribution is -0.195. The van der Waals surface area contributed by atoms with Gasteiger partial charge in [0.2, 0.25) is 11.8 Å². The van der Waals surface area contributed by atoms with Gasteiger partial charge in [0.25, 0.3) is 0 Å². The zero-order chi connectivity index (χ0) is 36.5. The first-order valence-corrected chi connectivity index (χ1v) is 17.8. The lowest BCUT2D eigenvalue weighted by atomic mass is 9.82. The molecular formula is C37H53BN6O7. The van der Waals surface area contributed by atoms with Crippen molar-refractivity contribution in [2.24, 2.45) is 17.6 Å². The third kappa shape index (κ3) is 10.2. The number of aromatic amines is 2. The van der Waals surface area contributed by atoms with Gasteiger partial charge in [-0.15, -0.1) is 0 Å². The molecule has 4 aromatic rings. The van der Waals surface area contributed by atoms with Crippen molar-refractivity contribution in [3.63, 3.8) is 0 Å². The summed E-state index contributed by atoms with van der Waals surface area (Å²) in [5.41, 5.74) is 10.3. The van der Waals surface area contributed by atoms with Crippen LogP contribution in [0.1, 0.15) is 50.7 Å². The molecular weight excluding hydrogens is 651 g/mol. The normalized spacial score (nSPS) is 23.0. The lowest BCUT2D eigenvalue weighted by Crippen LogP contribution is -2.53. The molecule has 13 nitrogen and oxygen atoms in total. The van der Waals surface area contributed by atoms with Crippen molar-refractivity contribution in [3.05, 3.63) is 72.1 Å². The molecule has 14 heteroatoms. The predicted molar refractivity (Wildman–Crippen MR) is 198 cm³/mol. The first-order valence-electron chi connectivity index (χ1n) is 17.8. The highest BCUT2D eigenvalue weighted by Gasteiger charge is 2.31. The SMILES string of the molecule is CB(O)N[C@@H](C(=O)NCC1OCC(C)CO1)[C@@H](C)c1c[nH]c2ccccc12.CC1COC(CNC(=O)[C@H](N)[C@@H](C)c2c[nH]c3ccccc23)OC1. The van der Waals surface area contributed by atoms with Crippen LogP contribution in [-0.2, 0) is 28.5 Å². The predicted octanol–water partition coefficient (Wildman–Crippen LogP) is 3.19. The molecule has 0 radical (unpaired) electrons. The molecule has 4 atom stereocenters. The van der Waals surface area contributed by atoms with Crippen LogP contribution in [0.25, 0.3) is 21.8 Å². The fraction of sp³-hybridized carbons (Fsp3) is 0.514. The average Bonchev–Trinajstić information content (AvgIpc) is 3.77. The number of hydrogen-bond acceptors (Lipinski definition) is 9. The first-order chi connectivity index (χ1) is 24.5. The van der Waals surface area contributed by atoms with E-state index in [-0.39, 0.29) is 36.5 Å². The maximum absolute atomic E-state index is 12.9. The molecule has 51 heavy (non-hydrogen) atoms. The highest BCUT2D eigenvalue weighted by Crippen LogP contribution is 2.29. The molecule has 276 valence electrons. The van der Waals surface area contributed by atoms with Gasteiger partial charge in [-0.1, -0.05) is 64.1 Å². The number of aromatic nitrogens is 2. The second kappa shape index (κ2) is 18.1. The summed E-state index contributed by atoms with van der Waals surface area (Å²) in [5, 5.41) is 20.7. The highest BCUT2D eigenvalue weighted by atomic mass is 16.7. The van der Waals surface area contributed by atoms with E-state index in [2.05, 4.69) is 39.7 Å². The van der Waals surface area contributed by atoms with E-state index in [0.717, 1.165) is 32.9 Å². The molecule has 2 amide bonds. The van der Waals surface area contributed by atoms with E-state index in [1.807, 2.05) is 74.8 Å². The van der Waals surface area contributed by atoms with Crippen molar-refractivity contribution >= 4 is 40.7 Å². The number of rotatable bonds is 12. The summed E-state index contributed by atoms with van der Waals surface area (Å²) in [7, 11) is -0.809. The van der Waals surface area contributed by atoms with E-state index in [4.69, 9.17) is 24.7 Å². The summed E-state index contributed by atoms with van der Waals surface area (Å²) < 4.78 is 22.2. The minimum atomic E-state index is -0.809. The molecule has 0 spiro atoms. The number of ether oxygens (including phenoxy) is 4. The number of fused-ring (bicyclic) bond motifs is 2. The standard InChI is InChI=1S/C19H28BN3O4.C18H25N3O3/c1-12-10-26-17(27-11-12)9-22-19(24)18(23-20(3)25)13(2)15-8-21-16-7-5-4-6-14(15)16;1-11-9-23-16(24-10-11)8-21-18(22)17(19)12(2)14-7-20-15-6-4-3-5-13(14)15/h4-8,12-13,17-18,21,23,25H,9-11H2,1-3H3,(H,22,24);3-7,11-12,16-17,20H,8-10,19H2,1-2H3,(H,21,22)/t12?,13-,17?,18+;11?,12-,16?,17+/m00/s1. The van der Waals surface area contributed by atoms with Crippen LogP contribution in [0.4, 0.5) is 0 Å². The monoisotopic (exact) mass is 704 g/mol. The zero-order valence-electron chi connectivity index (χ0n) is 30.2. The number of H-pyrrole nitrogens is 2. The van der Waals surface area contributed by atoms with Gasteiger partial charge < -0.3 is 55.5 Å². The van der Waals surface area contributed by atoms with Crippen LogP contribution >= 0.6 is 0 Å². The Morgan fingerprint density at radius 3 is 1.69 bits per heavy atom. The summed E-state index contributed by atoms with van der Waals surface area (Å²) in [6.07, 6.45) is 3.03. The number of carbonyl (C=O) groups is 2. The van der Waals surface area contributed by atoms with E-state index in [1.165, 1.54) is 0 Å². The topological polar surface area (TPSA) is 185 Å². The van der Waals surface area contributed by atoms with Gasteiger partial charge in [-0.3, -0.25) is 9.59 Å². The molecule has 2 aromatic carbocycles. The van der Waals surface area contributed by atoms with Gasteiger partial charge >= 0.3 is 7.05 Å². The second-order valence-corrected chi connectivity index (χ2v) is 13.9. The number of hydrogen-bond donors (Lipinski definition) is 7. The number of amides is 2. The number of nitrogens with two attached hydrogens (primary N) is 1. The second-order valence-electron chi connectivity index (χ2n) is 13.9. The Balaban J connectivity index is 0.000000199. The number of para-hydroxylation sites is 2. The van der Waals surface area contributed by atoms with Gasteiger partial charge in [0.15, 0.2) is 12.6 Å². The maximum atomic E-state index is 12.9. The fourth-order valence-corrected chi connectivity index (χ4v) is 6.36. The Morgan fingerprint density at radius 1 is 0.784 bits per heavy atom. The van der Waals surface area contributed by atoms with Crippen LogP contribution in [0.3, 0.4) is 0 Å². The number of benzene rings is 2. The fourth-order valence-electron chi connectivity index (χ4n) is 6.36. The van der Waals surface area contributed by atoms with Crippen molar-refractivity contribution in [1.82, 2.24) is 25.8 Å². The Morgan fingerprint density at radius 2 is 1.22 bits per heavy atom. The van der Waals surface area contributed by atoms with Gasteiger partial charge in [0, 0.05) is 57.9 Å². The molecule has 4 heterocycles. The van der Waals surface area contributed by atoms with Crippen LogP contribution in [0.15, 0.2) is 60.9 Å². The number of nitrogens with one attached hydrogen (secondary N) is 5. The van der Waals surface area contributed by atoms with Crippen LogP contribution < -0.4 is 21.6 Å². The van der Waals surface area contributed by atoms with E-state index in [9.17, 15) is 14.6 Å². The molecule has 2 fully saturated rings. The molecule has 2 saturated heterocycles. The van der Waals surface area contributed by atoms with Crippen molar-refractivity contribution in [3.8, 4) is 0 Å². The van der Waals surface area contributed by atoms with Crippen molar-refractivity contribution in [1.29, 1.82) is 0 Å². The third-order valence-corrected chi connectivity index (χ3v) is 9.42. The van der Waals surface area contributed by atoms with Crippen LogP contribution in [0.2, 0.25) is 6.82 Å². The molecule has 0 aliphatic carbocycles. The molecule has 0 bridgehead atoms. The Kier molecular flexibility index (Phi) is 13.7. The van der Waals surface area contributed by atoms with Crippen LogP contribution in [-0.4, -0.2) is 98.0 Å². The molecule has 0 unspecified atom stereocenters. The van der Waals surface area contributed by atoms with Crippen molar-refractivity contribution in [2.75, 3.05) is 39.5 Å². The van der Waals surface area contributed by atoms with Crippen molar-refractivity contribution < 1.29 is 33.6 Å². The molecule has 6 rings (SSSR count). The minimum Gasteiger partial charge on any atom is -0.437 e. The molecule has 2 aliphatic heterocycles. The van der Waals surface area contributed by atoms with Crippen molar-refractivity contribution in [2.45, 2.75) is 71.0 Å². The van der Waals surface area contributed by atoms with Gasteiger partial charge in [-0.05, 0) is 30.1 Å². The molecule has 2 aliphatic rings. The Hall–Kier alpha value is -3.76. The summed E-state index contributed by atoms with van der Waals surface area (Å²) in [5.74, 6) is 0.112. The molecule has 2 aromatic heterocycles. The average molecular weight is 705 g/mol. The number of carbonyl (C=O) groups excluding carboxylic acids is 2. The van der Waals surface area contributed by atoms with Gasteiger partial charge in [0.1, 0.15) is 0 Å².